The van der Waals surface area contributed by atoms with Crippen LogP contribution in [0.15, 0.2) is 6.07 Å². The molecule has 0 radical (unpaired) electrons. The van der Waals surface area contributed by atoms with Crippen molar-refractivity contribution in [2.45, 2.75) is 27.2 Å². The van der Waals surface area contributed by atoms with Crippen molar-refractivity contribution < 1.29 is 0 Å². The molecule has 0 aliphatic heterocycles. The molecule has 0 aromatic carbocycles. The van der Waals surface area contributed by atoms with Gasteiger partial charge in [0, 0.05) is 12.7 Å². The Labute approximate surface area is 79.9 Å². The van der Waals surface area contributed by atoms with E-state index in [4.69, 9.17) is 5.73 Å². The molecule has 1 heterocycles. The van der Waals surface area contributed by atoms with Crippen LogP contribution in [0.2, 0.25) is 0 Å². The van der Waals surface area contributed by atoms with Crippen LogP contribution in [0.5, 0.6) is 0 Å². The molecule has 0 atom stereocenters. The molecule has 1 aromatic rings. The molecule has 3 nitrogen and oxygen atoms in total. The molecule has 1 aromatic heterocycles. The van der Waals surface area contributed by atoms with Crippen LogP contribution in [0.4, 0.5) is 0 Å². The van der Waals surface area contributed by atoms with Gasteiger partial charge in [0.2, 0.25) is 0 Å². The van der Waals surface area contributed by atoms with Gasteiger partial charge >= 0.3 is 0 Å². The lowest BCUT2D eigenvalue weighted by molar-refractivity contribution is 0.371. The van der Waals surface area contributed by atoms with E-state index in [-0.39, 0.29) is 5.41 Å². The molecule has 74 valence electrons. The van der Waals surface area contributed by atoms with Crippen molar-refractivity contribution in [3.05, 3.63) is 17.5 Å². The first-order valence-electron chi connectivity index (χ1n) is 4.64. The van der Waals surface area contributed by atoms with Gasteiger partial charge in [0.15, 0.2) is 0 Å². The number of rotatable bonds is 3. The Morgan fingerprint density at radius 3 is 2.54 bits per heavy atom. The normalized spacial score (nSPS) is 12.1. The molecule has 0 fully saturated rings. The van der Waals surface area contributed by atoms with Crippen LogP contribution < -0.4 is 5.73 Å². The van der Waals surface area contributed by atoms with Crippen molar-refractivity contribution in [2.75, 3.05) is 6.54 Å². The highest BCUT2D eigenvalue weighted by Crippen LogP contribution is 2.19. The molecular weight excluding hydrogens is 162 g/mol. The summed E-state index contributed by atoms with van der Waals surface area (Å²) in [7, 11) is 1.97. The minimum Gasteiger partial charge on any atom is -0.330 e. The van der Waals surface area contributed by atoms with E-state index >= 15 is 0 Å². The van der Waals surface area contributed by atoms with E-state index in [1.807, 2.05) is 11.7 Å². The van der Waals surface area contributed by atoms with Gasteiger partial charge in [-0.1, -0.05) is 13.8 Å². The fourth-order valence-electron chi connectivity index (χ4n) is 1.28. The van der Waals surface area contributed by atoms with Gasteiger partial charge < -0.3 is 5.73 Å². The molecule has 0 unspecified atom stereocenters. The van der Waals surface area contributed by atoms with E-state index < -0.39 is 0 Å². The summed E-state index contributed by atoms with van der Waals surface area (Å²) < 4.78 is 1.90. The van der Waals surface area contributed by atoms with Crippen molar-refractivity contribution >= 4 is 0 Å². The highest BCUT2D eigenvalue weighted by molar-refractivity contribution is 5.10. The zero-order valence-electron chi connectivity index (χ0n) is 8.96. The van der Waals surface area contributed by atoms with E-state index in [0.717, 1.165) is 12.1 Å². The topological polar surface area (TPSA) is 43.8 Å². The van der Waals surface area contributed by atoms with Gasteiger partial charge in [-0.15, -0.1) is 0 Å². The number of nitrogens with zero attached hydrogens (tertiary/aromatic N) is 2. The molecule has 0 aliphatic rings. The summed E-state index contributed by atoms with van der Waals surface area (Å²) in [6.45, 7) is 7.09. The molecule has 2 N–H and O–H groups in total. The van der Waals surface area contributed by atoms with Crippen LogP contribution in [0.25, 0.3) is 0 Å². The Balaban J connectivity index is 2.75. The van der Waals surface area contributed by atoms with Crippen LogP contribution in [0, 0.1) is 12.3 Å². The highest BCUT2D eigenvalue weighted by Gasteiger charge is 2.17. The van der Waals surface area contributed by atoms with Crippen LogP contribution in [-0.4, -0.2) is 16.3 Å². The third-order valence-corrected chi connectivity index (χ3v) is 2.38. The van der Waals surface area contributed by atoms with Crippen LogP contribution in [0.1, 0.15) is 25.2 Å². The Morgan fingerprint density at radius 2 is 2.15 bits per heavy atom. The number of hydrogen-bond donors (Lipinski definition) is 1. The van der Waals surface area contributed by atoms with E-state index in [1.165, 1.54) is 5.69 Å². The lowest BCUT2D eigenvalue weighted by Crippen LogP contribution is -2.26. The van der Waals surface area contributed by atoms with Crippen molar-refractivity contribution in [1.82, 2.24) is 9.78 Å². The molecule has 0 spiro atoms. The SMILES string of the molecule is Cc1cc(CC(C)(C)CN)nn1C. The van der Waals surface area contributed by atoms with Crippen LogP contribution in [0.3, 0.4) is 0 Å². The maximum Gasteiger partial charge on any atom is 0.0633 e. The predicted octanol–water partition coefficient (Wildman–Crippen LogP) is 1.26. The molecule has 3 heteroatoms. The Bertz CT molecular complexity index is 267. The molecule has 0 bridgehead atoms. The van der Waals surface area contributed by atoms with Crippen molar-refractivity contribution in [3.63, 3.8) is 0 Å². The van der Waals surface area contributed by atoms with E-state index in [9.17, 15) is 0 Å². The number of nitrogens with two attached hydrogens (primary N) is 1. The van der Waals surface area contributed by atoms with Crippen LogP contribution >= 0.6 is 0 Å². The van der Waals surface area contributed by atoms with Gasteiger partial charge in [-0.2, -0.15) is 5.10 Å². The average molecular weight is 181 g/mol. The summed E-state index contributed by atoms with van der Waals surface area (Å²) in [6.07, 6.45) is 0.950. The van der Waals surface area contributed by atoms with Gasteiger partial charge in [-0.05, 0) is 31.4 Å². The lowest BCUT2D eigenvalue weighted by atomic mass is 9.88. The Kier molecular flexibility index (Phi) is 2.76. The lowest BCUT2D eigenvalue weighted by Gasteiger charge is -2.20. The van der Waals surface area contributed by atoms with Gasteiger partial charge in [-0.25, -0.2) is 0 Å². The smallest absolute Gasteiger partial charge is 0.0633 e. The molecule has 0 saturated carbocycles. The maximum atomic E-state index is 5.66. The second-order valence-corrected chi connectivity index (χ2v) is 4.45. The summed E-state index contributed by atoms with van der Waals surface area (Å²) in [5, 5.41) is 4.40. The number of aromatic nitrogens is 2. The first-order valence-corrected chi connectivity index (χ1v) is 4.64. The summed E-state index contributed by atoms with van der Waals surface area (Å²) in [6, 6.07) is 2.12. The highest BCUT2D eigenvalue weighted by atomic mass is 15.3. The first-order chi connectivity index (χ1) is 5.94. The predicted molar refractivity (Wildman–Crippen MR) is 54.5 cm³/mol. The zero-order valence-corrected chi connectivity index (χ0v) is 8.96. The fraction of sp³-hybridized carbons (Fsp3) is 0.700. The van der Waals surface area contributed by atoms with Crippen molar-refractivity contribution in [2.24, 2.45) is 18.2 Å². The van der Waals surface area contributed by atoms with Crippen molar-refractivity contribution in [1.29, 1.82) is 0 Å². The van der Waals surface area contributed by atoms with Crippen LogP contribution in [-0.2, 0) is 13.5 Å². The maximum absolute atomic E-state index is 5.66. The largest absolute Gasteiger partial charge is 0.330 e. The van der Waals surface area contributed by atoms with Gasteiger partial charge in [0.25, 0.3) is 0 Å². The van der Waals surface area contributed by atoms with E-state index in [0.29, 0.717) is 6.54 Å². The van der Waals surface area contributed by atoms with E-state index in [2.05, 4.69) is 31.9 Å². The number of hydrogen-bond acceptors (Lipinski definition) is 2. The van der Waals surface area contributed by atoms with Crippen molar-refractivity contribution in [3.8, 4) is 0 Å². The Morgan fingerprint density at radius 1 is 1.54 bits per heavy atom. The fourth-order valence-corrected chi connectivity index (χ4v) is 1.28. The van der Waals surface area contributed by atoms with Gasteiger partial charge in [-0.3, -0.25) is 4.68 Å². The summed E-state index contributed by atoms with van der Waals surface area (Å²) in [4.78, 5) is 0. The van der Waals surface area contributed by atoms with Gasteiger partial charge in [0.05, 0.1) is 5.69 Å². The Hall–Kier alpha value is -0.830. The third-order valence-electron chi connectivity index (χ3n) is 2.38. The first kappa shape index (κ1) is 10.3. The summed E-state index contributed by atoms with van der Waals surface area (Å²) in [5.74, 6) is 0. The molecule has 0 amide bonds. The number of aryl methyl sites for hydroxylation is 2. The summed E-state index contributed by atoms with van der Waals surface area (Å²) >= 11 is 0. The second-order valence-electron chi connectivity index (χ2n) is 4.45. The zero-order chi connectivity index (χ0) is 10.1. The third kappa shape index (κ3) is 2.56. The molecular formula is C10H19N3. The minimum atomic E-state index is 0.154. The monoisotopic (exact) mass is 181 g/mol. The molecule has 0 saturated heterocycles. The second kappa shape index (κ2) is 3.50. The average Bonchev–Trinajstić information content (AvgIpc) is 2.30. The quantitative estimate of drug-likeness (QED) is 0.763. The summed E-state index contributed by atoms with van der Waals surface area (Å²) in [5.41, 5.74) is 8.15. The minimum absolute atomic E-state index is 0.154. The van der Waals surface area contributed by atoms with Gasteiger partial charge in [0.1, 0.15) is 0 Å². The molecule has 0 aliphatic carbocycles. The standard InChI is InChI=1S/C10H19N3/c1-8-5-9(12-13(8)4)6-10(2,3)7-11/h5H,6-7,11H2,1-4H3. The molecule has 13 heavy (non-hydrogen) atoms. The van der Waals surface area contributed by atoms with E-state index in [1.54, 1.807) is 0 Å². The molecule has 1 rings (SSSR count).